The number of nitrogens with zero attached hydrogens (tertiary/aromatic N) is 2. The van der Waals surface area contributed by atoms with E-state index >= 15 is 0 Å². The van der Waals surface area contributed by atoms with Gasteiger partial charge in [0.15, 0.2) is 4.77 Å². The highest BCUT2D eigenvalue weighted by atomic mass is 32.1. The maximum absolute atomic E-state index is 5.32. The molecule has 0 spiro atoms. The molecule has 1 fully saturated rings. The molecule has 4 heteroatoms. The van der Waals surface area contributed by atoms with Crippen molar-refractivity contribution in [1.82, 2.24) is 14.5 Å². The normalized spacial score (nSPS) is 18.6. The summed E-state index contributed by atoms with van der Waals surface area (Å²) in [6, 6.07) is 1.97. The Labute approximate surface area is 86.8 Å². The van der Waals surface area contributed by atoms with Crippen LogP contribution in [0.4, 0.5) is 0 Å². The molecule has 3 rings (SSSR count). The van der Waals surface area contributed by atoms with Crippen LogP contribution in [-0.4, -0.2) is 14.5 Å². The van der Waals surface area contributed by atoms with E-state index in [-0.39, 0.29) is 5.54 Å². The molecular formula is C10H11N3S. The lowest BCUT2D eigenvalue weighted by Gasteiger charge is -2.11. The predicted molar refractivity (Wildman–Crippen MR) is 57.8 cm³/mol. The van der Waals surface area contributed by atoms with Crippen molar-refractivity contribution in [1.29, 1.82) is 0 Å². The standard InChI is InChI=1S/C10H11N3S/c1-10(3-4-10)13-8-6-11-5-2-7(8)12-9(13)14/h2,5-6H,3-4H2,1H3,(H,12,14). The molecule has 0 saturated heterocycles. The molecule has 0 unspecified atom stereocenters. The molecule has 1 aliphatic carbocycles. The molecule has 2 aromatic rings. The van der Waals surface area contributed by atoms with Gasteiger partial charge in [0, 0.05) is 11.7 Å². The van der Waals surface area contributed by atoms with E-state index in [1.807, 2.05) is 12.3 Å². The minimum Gasteiger partial charge on any atom is -0.330 e. The molecule has 72 valence electrons. The van der Waals surface area contributed by atoms with Crippen molar-refractivity contribution in [2.24, 2.45) is 0 Å². The Kier molecular flexibility index (Phi) is 1.43. The molecule has 0 aromatic carbocycles. The van der Waals surface area contributed by atoms with Crippen molar-refractivity contribution in [3.8, 4) is 0 Å². The summed E-state index contributed by atoms with van der Waals surface area (Å²) in [4.78, 5) is 7.35. The summed E-state index contributed by atoms with van der Waals surface area (Å²) in [6.45, 7) is 2.24. The monoisotopic (exact) mass is 205 g/mol. The van der Waals surface area contributed by atoms with Crippen molar-refractivity contribution < 1.29 is 0 Å². The summed E-state index contributed by atoms with van der Waals surface area (Å²) in [7, 11) is 0. The molecule has 2 aromatic heterocycles. The van der Waals surface area contributed by atoms with Gasteiger partial charge in [-0.2, -0.15) is 0 Å². The Bertz CT molecular complexity index is 548. The predicted octanol–water partition coefficient (Wildman–Crippen LogP) is 2.60. The van der Waals surface area contributed by atoms with Crippen molar-refractivity contribution >= 4 is 23.3 Å². The Hall–Kier alpha value is -1.16. The zero-order chi connectivity index (χ0) is 9.76. The van der Waals surface area contributed by atoms with E-state index in [0.29, 0.717) is 0 Å². The van der Waals surface area contributed by atoms with Gasteiger partial charge in [0.2, 0.25) is 0 Å². The van der Waals surface area contributed by atoms with Gasteiger partial charge in [-0.15, -0.1) is 0 Å². The summed E-state index contributed by atoms with van der Waals surface area (Å²) in [6.07, 6.45) is 6.09. The maximum Gasteiger partial charge on any atom is 0.178 e. The number of fused-ring (bicyclic) bond motifs is 1. The van der Waals surface area contributed by atoms with Crippen LogP contribution in [0.25, 0.3) is 11.0 Å². The van der Waals surface area contributed by atoms with E-state index in [0.717, 1.165) is 15.8 Å². The number of aromatic amines is 1. The van der Waals surface area contributed by atoms with Crippen LogP contribution in [0.15, 0.2) is 18.5 Å². The molecule has 3 nitrogen and oxygen atoms in total. The molecule has 2 heterocycles. The average Bonchev–Trinajstić information content (AvgIpc) is 2.79. The second kappa shape index (κ2) is 2.45. The van der Waals surface area contributed by atoms with Crippen LogP contribution in [0.5, 0.6) is 0 Å². The Balaban J connectivity index is 2.42. The highest BCUT2D eigenvalue weighted by molar-refractivity contribution is 7.71. The number of rotatable bonds is 1. The van der Waals surface area contributed by atoms with Gasteiger partial charge in [0.05, 0.1) is 17.2 Å². The SMILES string of the molecule is CC1(n2c(=S)[nH]c3ccncc32)CC1. The van der Waals surface area contributed by atoms with Gasteiger partial charge in [-0.1, -0.05) is 0 Å². The van der Waals surface area contributed by atoms with Gasteiger partial charge >= 0.3 is 0 Å². The third-order valence-electron chi connectivity index (χ3n) is 3.00. The highest BCUT2D eigenvalue weighted by Crippen LogP contribution is 2.44. The third kappa shape index (κ3) is 0.973. The Morgan fingerprint density at radius 1 is 1.57 bits per heavy atom. The quantitative estimate of drug-likeness (QED) is 0.726. The van der Waals surface area contributed by atoms with Gasteiger partial charge in [-0.05, 0) is 38.0 Å². The van der Waals surface area contributed by atoms with E-state index < -0.39 is 0 Å². The van der Waals surface area contributed by atoms with E-state index in [9.17, 15) is 0 Å². The zero-order valence-electron chi connectivity index (χ0n) is 7.95. The maximum atomic E-state index is 5.32. The van der Waals surface area contributed by atoms with E-state index in [1.165, 1.54) is 12.8 Å². The van der Waals surface area contributed by atoms with E-state index in [1.54, 1.807) is 6.20 Å². The Morgan fingerprint density at radius 3 is 3.07 bits per heavy atom. The lowest BCUT2D eigenvalue weighted by atomic mass is 10.3. The first kappa shape index (κ1) is 8.17. The van der Waals surface area contributed by atoms with Crippen molar-refractivity contribution in [3.63, 3.8) is 0 Å². The lowest BCUT2D eigenvalue weighted by Crippen LogP contribution is -2.11. The molecular weight excluding hydrogens is 194 g/mol. The number of pyridine rings is 1. The van der Waals surface area contributed by atoms with Gasteiger partial charge in [0.1, 0.15) is 0 Å². The highest BCUT2D eigenvalue weighted by Gasteiger charge is 2.40. The minimum absolute atomic E-state index is 0.234. The van der Waals surface area contributed by atoms with Crippen molar-refractivity contribution in [2.75, 3.05) is 0 Å². The van der Waals surface area contributed by atoms with Gasteiger partial charge in [-0.3, -0.25) is 4.98 Å². The molecule has 1 N–H and O–H groups in total. The summed E-state index contributed by atoms with van der Waals surface area (Å²) in [5.74, 6) is 0. The van der Waals surface area contributed by atoms with Crippen LogP contribution < -0.4 is 0 Å². The summed E-state index contributed by atoms with van der Waals surface area (Å²) >= 11 is 5.32. The molecule has 0 radical (unpaired) electrons. The summed E-state index contributed by atoms with van der Waals surface area (Å²) in [5.41, 5.74) is 2.44. The van der Waals surface area contributed by atoms with Gasteiger partial charge in [-0.25, -0.2) is 0 Å². The lowest BCUT2D eigenvalue weighted by molar-refractivity contribution is 0.541. The van der Waals surface area contributed by atoms with Crippen molar-refractivity contribution in [2.45, 2.75) is 25.3 Å². The number of hydrogen-bond acceptors (Lipinski definition) is 2. The topological polar surface area (TPSA) is 33.6 Å². The second-order valence-electron chi connectivity index (χ2n) is 4.16. The summed E-state index contributed by atoms with van der Waals surface area (Å²) in [5, 5.41) is 0. The van der Waals surface area contributed by atoms with Crippen LogP contribution in [0.2, 0.25) is 0 Å². The molecule has 0 bridgehead atoms. The van der Waals surface area contributed by atoms with Gasteiger partial charge in [0.25, 0.3) is 0 Å². The number of imidazole rings is 1. The van der Waals surface area contributed by atoms with Crippen LogP contribution in [0, 0.1) is 4.77 Å². The van der Waals surface area contributed by atoms with E-state index in [2.05, 4.69) is 21.5 Å². The first-order valence-electron chi connectivity index (χ1n) is 4.76. The largest absolute Gasteiger partial charge is 0.330 e. The van der Waals surface area contributed by atoms with Crippen LogP contribution in [-0.2, 0) is 5.54 Å². The van der Waals surface area contributed by atoms with Crippen LogP contribution >= 0.6 is 12.2 Å². The minimum atomic E-state index is 0.234. The van der Waals surface area contributed by atoms with E-state index in [4.69, 9.17) is 12.2 Å². The second-order valence-corrected chi connectivity index (χ2v) is 4.54. The molecule has 1 aliphatic rings. The smallest absolute Gasteiger partial charge is 0.178 e. The fourth-order valence-corrected chi connectivity index (χ4v) is 2.32. The molecule has 0 atom stereocenters. The third-order valence-corrected chi connectivity index (χ3v) is 3.28. The molecule has 0 aliphatic heterocycles. The first-order chi connectivity index (χ1) is 6.71. The fraction of sp³-hybridized carbons (Fsp3) is 0.400. The molecule has 0 amide bonds. The molecule has 14 heavy (non-hydrogen) atoms. The number of H-pyrrole nitrogens is 1. The fourth-order valence-electron chi connectivity index (χ4n) is 1.89. The Morgan fingerprint density at radius 2 is 2.36 bits per heavy atom. The number of aromatic nitrogens is 3. The molecule has 1 saturated carbocycles. The number of nitrogens with one attached hydrogen (secondary N) is 1. The van der Waals surface area contributed by atoms with Gasteiger partial charge < -0.3 is 9.55 Å². The average molecular weight is 205 g/mol. The summed E-state index contributed by atoms with van der Waals surface area (Å²) < 4.78 is 3.01. The van der Waals surface area contributed by atoms with Crippen LogP contribution in [0.1, 0.15) is 19.8 Å². The first-order valence-corrected chi connectivity index (χ1v) is 5.17. The zero-order valence-corrected chi connectivity index (χ0v) is 8.77. The number of hydrogen-bond donors (Lipinski definition) is 1. The van der Waals surface area contributed by atoms with Crippen molar-refractivity contribution in [3.05, 3.63) is 23.2 Å². The van der Waals surface area contributed by atoms with Crippen LogP contribution in [0.3, 0.4) is 0 Å².